The largest absolute Gasteiger partial charge is 0.507 e. The van der Waals surface area contributed by atoms with Crippen molar-refractivity contribution in [2.24, 2.45) is 0 Å². The summed E-state index contributed by atoms with van der Waals surface area (Å²) in [6.07, 6.45) is 0.00600. The van der Waals surface area contributed by atoms with Crippen molar-refractivity contribution in [3.05, 3.63) is 28.8 Å². The minimum absolute atomic E-state index is 0.00600. The fourth-order valence-corrected chi connectivity index (χ4v) is 2.19. The average Bonchev–Trinajstić information content (AvgIpc) is 2.34. The summed E-state index contributed by atoms with van der Waals surface area (Å²) in [5.74, 6) is -0.256. The van der Waals surface area contributed by atoms with Crippen LogP contribution in [-0.4, -0.2) is 41.2 Å². The zero-order chi connectivity index (χ0) is 13.3. The minimum atomic E-state index is -0.211. The van der Waals surface area contributed by atoms with Crippen LogP contribution in [0.1, 0.15) is 24.2 Å². The number of carbonyl (C=O) groups is 1. The van der Waals surface area contributed by atoms with Crippen molar-refractivity contribution >= 4 is 17.5 Å². The zero-order valence-corrected chi connectivity index (χ0v) is 11.1. The second-order valence-electron chi connectivity index (χ2n) is 4.61. The predicted octanol–water partition coefficient (Wildman–Crippen LogP) is 2.29. The van der Waals surface area contributed by atoms with Crippen molar-refractivity contribution in [2.75, 3.05) is 13.2 Å². The molecule has 1 heterocycles. The molecular weight excluding hydrogens is 254 g/mol. The molecule has 1 saturated heterocycles. The summed E-state index contributed by atoms with van der Waals surface area (Å²) < 4.78 is 5.48. The van der Waals surface area contributed by atoms with Gasteiger partial charge in [-0.3, -0.25) is 4.79 Å². The fourth-order valence-electron chi connectivity index (χ4n) is 2.02. The molecule has 98 valence electrons. The normalized spacial score (nSPS) is 24.1. The van der Waals surface area contributed by atoms with Crippen LogP contribution in [0.3, 0.4) is 0 Å². The summed E-state index contributed by atoms with van der Waals surface area (Å²) in [6.45, 7) is 4.87. The molecule has 1 amide bonds. The Morgan fingerprint density at radius 2 is 2.22 bits per heavy atom. The lowest BCUT2D eigenvalue weighted by Crippen LogP contribution is -2.50. The molecule has 2 unspecified atom stereocenters. The van der Waals surface area contributed by atoms with Gasteiger partial charge in [0.2, 0.25) is 0 Å². The van der Waals surface area contributed by atoms with Crippen LogP contribution >= 0.6 is 11.6 Å². The molecule has 1 N–H and O–H groups in total. The summed E-state index contributed by atoms with van der Waals surface area (Å²) in [4.78, 5) is 14.1. The monoisotopic (exact) mass is 269 g/mol. The average molecular weight is 270 g/mol. The molecule has 1 aliphatic rings. The van der Waals surface area contributed by atoms with Crippen LogP contribution in [-0.2, 0) is 4.74 Å². The maximum atomic E-state index is 12.4. The summed E-state index contributed by atoms with van der Waals surface area (Å²) >= 11 is 5.86. The lowest BCUT2D eigenvalue weighted by Gasteiger charge is -2.36. The first kappa shape index (κ1) is 13.2. The summed E-state index contributed by atoms with van der Waals surface area (Å²) in [6, 6.07) is 4.47. The molecule has 0 aliphatic carbocycles. The molecule has 0 spiro atoms. The van der Waals surface area contributed by atoms with Gasteiger partial charge >= 0.3 is 0 Å². The topological polar surface area (TPSA) is 49.8 Å². The molecule has 4 nitrogen and oxygen atoms in total. The quantitative estimate of drug-likeness (QED) is 0.851. The van der Waals surface area contributed by atoms with Crippen molar-refractivity contribution in [3.63, 3.8) is 0 Å². The van der Waals surface area contributed by atoms with Crippen LogP contribution in [0.5, 0.6) is 5.75 Å². The lowest BCUT2D eigenvalue weighted by atomic mass is 10.1. The first-order chi connectivity index (χ1) is 8.49. The SMILES string of the molecule is CC1CN(C(=O)c2cc(Cl)ccc2O)C(C)CO1. The van der Waals surface area contributed by atoms with Crippen molar-refractivity contribution in [3.8, 4) is 5.75 Å². The van der Waals surface area contributed by atoms with E-state index in [0.717, 1.165) is 0 Å². The Bertz CT molecular complexity index is 464. The number of benzene rings is 1. The Balaban J connectivity index is 2.27. The number of phenols is 1. The van der Waals surface area contributed by atoms with Crippen LogP contribution in [0.15, 0.2) is 18.2 Å². The smallest absolute Gasteiger partial charge is 0.258 e. The maximum Gasteiger partial charge on any atom is 0.258 e. The first-order valence-corrected chi connectivity index (χ1v) is 6.28. The standard InChI is InChI=1S/C13H16ClNO3/c1-8-7-18-9(2)6-15(8)13(17)11-5-10(14)3-4-12(11)16/h3-5,8-9,16H,6-7H2,1-2H3. The molecule has 1 aliphatic heterocycles. The molecule has 5 heteroatoms. The second kappa shape index (κ2) is 5.16. The van der Waals surface area contributed by atoms with Gasteiger partial charge in [-0.25, -0.2) is 0 Å². The van der Waals surface area contributed by atoms with Gasteiger partial charge in [0.1, 0.15) is 5.75 Å². The fraction of sp³-hybridized carbons (Fsp3) is 0.462. The molecule has 0 saturated carbocycles. The van der Waals surface area contributed by atoms with Gasteiger partial charge in [-0.05, 0) is 32.0 Å². The molecule has 0 radical (unpaired) electrons. The molecule has 2 atom stereocenters. The highest BCUT2D eigenvalue weighted by molar-refractivity contribution is 6.31. The summed E-state index contributed by atoms with van der Waals surface area (Å²) in [5.41, 5.74) is 0.239. The molecular formula is C13H16ClNO3. The van der Waals surface area contributed by atoms with Gasteiger partial charge in [0, 0.05) is 11.6 Å². The Morgan fingerprint density at radius 3 is 2.94 bits per heavy atom. The third-order valence-electron chi connectivity index (χ3n) is 3.06. The maximum absolute atomic E-state index is 12.4. The third kappa shape index (κ3) is 2.60. The van der Waals surface area contributed by atoms with Crippen LogP contribution in [0.2, 0.25) is 5.02 Å². The van der Waals surface area contributed by atoms with E-state index in [4.69, 9.17) is 16.3 Å². The molecule has 1 aromatic rings. The highest BCUT2D eigenvalue weighted by Crippen LogP contribution is 2.25. The van der Waals surface area contributed by atoms with Crippen molar-refractivity contribution in [1.29, 1.82) is 0 Å². The van der Waals surface area contributed by atoms with E-state index in [1.54, 1.807) is 11.0 Å². The van der Waals surface area contributed by atoms with Gasteiger partial charge in [-0.15, -0.1) is 0 Å². The number of rotatable bonds is 1. The highest BCUT2D eigenvalue weighted by Gasteiger charge is 2.29. The van der Waals surface area contributed by atoms with Gasteiger partial charge in [-0.2, -0.15) is 0 Å². The van der Waals surface area contributed by atoms with Crippen molar-refractivity contribution in [2.45, 2.75) is 26.0 Å². The molecule has 0 bridgehead atoms. The summed E-state index contributed by atoms with van der Waals surface area (Å²) in [7, 11) is 0. The van der Waals surface area contributed by atoms with Crippen LogP contribution in [0, 0.1) is 0 Å². The molecule has 1 fully saturated rings. The van der Waals surface area contributed by atoms with Gasteiger partial charge in [-0.1, -0.05) is 11.6 Å². The van der Waals surface area contributed by atoms with E-state index >= 15 is 0 Å². The lowest BCUT2D eigenvalue weighted by molar-refractivity contribution is -0.0387. The van der Waals surface area contributed by atoms with E-state index in [-0.39, 0.29) is 29.4 Å². The number of hydrogen-bond donors (Lipinski definition) is 1. The van der Waals surface area contributed by atoms with Gasteiger partial charge < -0.3 is 14.7 Å². The number of halogens is 1. The first-order valence-electron chi connectivity index (χ1n) is 5.90. The second-order valence-corrected chi connectivity index (χ2v) is 5.05. The zero-order valence-electron chi connectivity index (χ0n) is 10.4. The number of hydrogen-bond acceptors (Lipinski definition) is 3. The van der Waals surface area contributed by atoms with Gasteiger partial charge in [0.25, 0.3) is 5.91 Å². The predicted molar refractivity (Wildman–Crippen MR) is 69.0 cm³/mol. The van der Waals surface area contributed by atoms with Crippen LogP contribution in [0.4, 0.5) is 0 Å². The number of phenolic OH excluding ortho intramolecular Hbond substituents is 1. The van der Waals surface area contributed by atoms with E-state index in [1.807, 2.05) is 13.8 Å². The molecule has 1 aromatic carbocycles. The Morgan fingerprint density at radius 1 is 1.50 bits per heavy atom. The Labute approximate surface area is 111 Å². The highest BCUT2D eigenvalue weighted by atomic mass is 35.5. The van der Waals surface area contributed by atoms with E-state index in [2.05, 4.69) is 0 Å². The number of nitrogens with zero attached hydrogens (tertiary/aromatic N) is 1. The number of amides is 1. The minimum Gasteiger partial charge on any atom is -0.507 e. The van der Waals surface area contributed by atoms with Crippen LogP contribution in [0.25, 0.3) is 0 Å². The van der Waals surface area contributed by atoms with E-state index in [0.29, 0.717) is 18.2 Å². The number of morpholine rings is 1. The van der Waals surface area contributed by atoms with Gasteiger partial charge in [0.05, 0.1) is 24.3 Å². The van der Waals surface area contributed by atoms with E-state index < -0.39 is 0 Å². The van der Waals surface area contributed by atoms with Crippen molar-refractivity contribution in [1.82, 2.24) is 4.90 Å². The molecule has 0 aromatic heterocycles. The number of ether oxygens (including phenoxy) is 1. The van der Waals surface area contributed by atoms with Gasteiger partial charge in [0.15, 0.2) is 0 Å². The van der Waals surface area contributed by atoms with E-state index in [9.17, 15) is 9.90 Å². The molecule has 2 rings (SSSR count). The Kier molecular flexibility index (Phi) is 3.78. The summed E-state index contributed by atoms with van der Waals surface area (Å²) in [5, 5.41) is 10.2. The molecule has 18 heavy (non-hydrogen) atoms. The van der Waals surface area contributed by atoms with Crippen LogP contribution < -0.4 is 0 Å². The number of carbonyl (C=O) groups excluding carboxylic acids is 1. The van der Waals surface area contributed by atoms with Crippen molar-refractivity contribution < 1.29 is 14.6 Å². The Hall–Kier alpha value is -1.26. The third-order valence-corrected chi connectivity index (χ3v) is 3.29. The van der Waals surface area contributed by atoms with E-state index in [1.165, 1.54) is 12.1 Å². The number of aromatic hydroxyl groups is 1.